The van der Waals surface area contributed by atoms with Gasteiger partial charge in [-0.2, -0.15) is 13.2 Å². The van der Waals surface area contributed by atoms with Crippen molar-refractivity contribution in [1.29, 1.82) is 0 Å². The summed E-state index contributed by atoms with van der Waals surface area (Å²) in [4.78, 5) is 26.5. The highest BCUT2D eigenvalue weighted by molar-refractivity contribution is 5.95. The molecular weight excluding hydrogens is 341 g/mol. The zero-order valence-electron chi connectivity index (χ0n) is 13.0. The van der Waals surface area contributed by atoms with Crippen molar-refractivity contribution < 1.29 is 27.9 Å². The third-order valence-corrected chi connectivity index (χ3v) is 3.53. The van der Waals surface area contributed by atoms with Crippen LogP contribution in [0.2, 0.25) is 0 Å². The van der Waals surface area contributed by atoms with Crippen molar-refractivity contribution in [3.8, 4) is 0 Å². The minimum atomic E-state index is -5.11. The van der Waals surface area contributed by atoms with Crippen molar-refractivity contribution in [3.63, 3.8) is 0 Å². The predicted octanol–water partition coefficient (Wildman–Crippen LogP) is 1.30. The maximum absolute atomic E-state index is 13.4. The molecule has 134 valence electrons. The molecule has 2 aromatic rings. The van der Waals surface area contributed by atoms with Gasteiger partial charge in [0.15, 0.2) is 5.82 Å². The van der Waals surface area contributed by atoms with Crippen molar-refractivity contribution in [1.82, 2.24) is 9.55 Å². The Hall–Kier alpha value is -2.88. The molecule has 10 heteroatoms. The number of halogens is 3. The van der Waals surface area contributed by atoms with Gasteiger partial charge in [-0.25, -0.2) is 4.98 Å². The number of aromatic nitrogens is 2. The maximum Gasteiger partial charge on any atom is 0.425 e. The fraction of sp³-hybridized carbons (Fsp3) is 0.267. The number of alkyl halides is 3. The molecule has 2 rings (SSSR count). The van der Waals surface area contributed by atoms with E-state index in [-0.39, 0.29) is 11.3 Å². The van der Waals surface area contributed by atoms with Gasteiger partial charge in [-0.15, -0.1) is 0 Å². The zero-order valence-corrected chi connectivity index (χ0v) is 13.0. The van der Waals surface area contributed by atoms with Crippen LogP contribution >= 0.6 is 0 Å². The molecule has 0 aliphatic heterocycles. The topological polar surface area (TPSA) is 110 Å². The summed E-state index contributed by atoms with van der Waals surface area (Å²) in [7, 11) is 1.28. The molecule has 0 spiro atoms. The Labute approximate surface area is 140 Å². The Balaban J connectivity index is 2.21. The van der Waals surface area contributed by atoms with Gasteiger partial charge in [-0.1, -0.05) is 0 Å². The van der Waals surface area contributed by atoms with Crippen LogP contribution in [0.15, 0.2) is 36.7 Å². The van der Waals surface area contributed by atoms with Gasteiger partial charge in [0.25, 0.3) is 0 Å². The normalized spacial score (nSPS) is 14.0. The lowest BCUT2D eigenvalue weighted by Gasteiger charge is -2.29. The largest absolute Gasteiger partial charge is 0.425 e. The fourth-order valence-electron chi connectivity index (χ4n) is 2.23. The number of nitrogens with two attached hydrogens (primary N) is 1. The summed E-state index contributed by atoms with van der Waals surface area (Å²) in [5.74, 6) is -2.45. The second-order valence-corrected chi connectivity index (χ2v) is 5.39. The summed E-state index contributed by atoms with van der Waals surface area (Å²) < 4.78 is 41.0. The highest BCUT2D eigenvalue weighted by atomic mass is 19.4. The molecule has 1 aromatic carbocycles. The van der Waals surface area contributed by atoms with Crippen LogP contribution in [0, 0.1) is 0 Å². The maximum atomic E-state index is 13.4. The lowest BCUT2D eigenvalue weighted by atomic mass is 9.97. The van der Waals surface area contributed by atoms with E-state index in [0.717, 1.165) is 10.8 Å². The van der Waals surface area contributed by atoms with Crippen LogP contribution in [0.4, 0.5) is 18.9 Å². The summed E-state index contributed by atoms with van der Waals surface area (Å²) in [6.45, 7) is 0. The molecule has 0 saturated carbocycles. The van der Waals surface area contributed by atoms with Crippen LogP contribution in [-0.4, -0.2) is 32.6 Å². The highest BCUT2D eigenvalue weighted by Crippen LogP contribution is 2.40. The number of anilines is 1. The number of amides is 2. The number of benzene rings is 1. The summed E-state index contributed by atoms with van der Waals surface area (Å²) in [5.41, 5.74) is 1.96. The molecule has 1 atom stereocenters. The smallest absolute Gasteiger partial charge is 0.374 e. The molecule has 1 aromatic heterocycles. The minimum absolute atomic E-state index is 0.152. The van der Waals surface area contributed by atoms with Crippen LogP contribution in [-0.2, 0) is 17.4 Å². The monoisotopic (exact) mass is 356 g/mol. The van der Waals surface area contributed by atoms with E-state index in [1.165, 1.54) is 37.5 Å². The van der Waals surface area contributed by atoms with Crippen molar-refractivity contribution in [2.45, 2.75) is 18.2 Å². The number of aryl methyl sites for hydroxylation is 1. The molecule has 25 heavy (non-hydrogen) atoms. The molecule has 0 fully saturated rings. The summed E-state index contributed by atoms with van der Waals surface area (Å²) in [5, 5.41) is 12.4. The van der Waals surface area contributed by atoms with Crippen molar-refractivity contribution >= 4 is 17.5 Å². The van der Waals surface area contributed by atoms with E-state index in [2.05, 4.69) is 10.3 Å². The lowest BCUT2D eigenvalue weighted by Crippen LogP contribution is -2.46. The quantitative estimate of drug-likeness (QED) is 0.750. The van der Waals surface area contributed by atoms with E-state index in [1.54, 1.807) is 0 Å². The molecule has 4 N–H and O–H groups in total. The number of primary amides is 1. The second-order valence-electron chi connectivity index (χ2n) is 5.39. The fourth-order valence-corrected chi connectivity index (χ4v) is 2.23. The van der Waals surface area contributed by atoms with Gasteiger partial charge in [-0.3, -0.25) is 9.59 Å². The summed E-state index contributed by atoms with van der Waals surface area (Å²) in [6.07, 6.45) is -4.07. The third kappa shape index (κ3) is 3.79. The standard InChI is InChI=1S/C15H15F3N4O3/c1-22-7-6-20-13(22)14(25,15(16,17)18)8-11(23)21-10-4-2-9(3-5-10)12(19)24/h2-7,25H,8H2,1H3,(H2,19,24)(H,21,23)/t14-/m1/s1. The number of aliphatic hydroxyl groups is 1. The Kier molecular flexibility index (Phi) is 4.84. The first-order valence-corrected chi connectivity index (χ1v) is 7.01. The Morgan fingerprint density at radius 3 is 2.32 bits per heavy atom. The second kappa shape index (κ2) is 6.55. The van der Waals surface area contributed by atoms with Gasteiger partial charge < -0.3 is 20.7 Å². The molecule has 0 aliphatic carbocycles. The number of nitrogens with one attached hydrogen (secondary N) is 1. The Bertz CT molecular complexity index is 786. The first-order chi connectivity index (χ1) is 11.5. The first-order valence-electron chi connectivity index (χ1n) is 7.01. The molecule has 2 amide bonds. The first kappa shape index (κ1) is 18.5. The Morgan fingerprint density at radius 2 is 1.88 bits per heavy atom. The van der Waals surface area contributed by atoms with Gasteiger partial charge in [0.2, 0.25) is 17.4 Å². The number of hydrogen-bond donors (Lipinski definition) is 3. The zero-order chi connectivity index (χ0) is 18.8. The average molecular weight is 356 g/mol. The molecule has 0 aliphatic rings. The number of carbonyl (C=O) groups is 2. The van der Waals surface area contributed by atoms with E-state index in [9.17, 15) is 27.9 Å². The van der Waals surface area contributed by atoms with Crippen molar-refractivity contribution in [2.75, 3.05) is 5.32 Å². The minimum Gasteiger partial charge on any atom is -0.374 e. The van der Waals surface area contributed by atoms with Crippen LogP contribution in [0.3, 0.4) is 0 Å². The highest BCUT2D eigenvalue weighted by Gasteiger charge is 2.58. The predicted molar refractivity (Wildman–Crippen MR) is 81.4 cm³/mol. The number of carbonyl (C=O) groups excluding carboxylic acids is 2. The average Bonchev–Trinajstić information content (AvgIpc) is 2.93. The third-order valence-electron chi connectivity index (χ3n) is 3.53. The van der Waals surface area contributed by atoms with Crippen molar-refractivity contribution in [2.24, 2.45) is 12.8 Å². The lowest BCUT2D eigenvalue weighted by molar-refractivity contribution is -0.270. The number of rotatable bonds is 5. The van der Waals surface area contributed by atoms with E-state index in [4.69, 9.17) is 5.73 Å². The van der Waals surface area contributed by atoms with Gasteiger partial charge >= 0.3 is 6.18 Å². The molecule has 1 heterocycles. The van der Waals surface area contributed by atoms with E-state index in [1.807, 2.05) is 0 Å². The molecule has 7 nitrogen and oxygen atoms in total. The van der Waals surface area contributed by atoms with E-state index >= 15 is 0 Å². The van der Waals surface area contributed by atoms with Crippen molar-refractivity contribution in [3.05, 3.63) is 48.0 Å². The molecule has 0 unspecified atom stereocenters. The SMILES string of the molecule is Cn1ccnc1[C@](O)(CC(=O)Nc1ccc(C(N)=O)cc1)C(F)(F)F. The van der Waals surface area contributed by atoms with Gasteiger partial charge in [0, 0.05) is 30.7 Å². The molecule has 0 bridgehead atoms. The summed E-state index contributed by atoms with van der Waals surface area (Å²) in [6, 6.07) is 5.25. The van der Waals surface area contributed by atoms with E-state index < -0.39 is 35.8 Å². The van der Waals surface area contributed by atoms with Gasteiger partial charge in [0.1, 0.15) is 0 Å². The summed E-state index contributed by atoms with van der Waals surface area (Å²) >= 11 is 0. The number of hydrogen-bond acceptors (Lipinski definition) is 4. The molecule has 0 radical (unpaired) electrons. The van der Waals surface area contributed by atoms with Crippen LogP contribution < -0.4 is 11.1 Å². The van der Waals surface area contributed by atoms with Crippen LogP contribution in [0.25, 0.3) is 0 Å². The van der Waals surface area contributed by atoms with Crippen LogP contribution in [0.1, 0.15) is 22.6 Å². The van der Waals surface area contributed by atoms with E-state index in [0.29, 0.717) is 0 Å². The number of imidazole rings is 1. The molecule has 0 saturated heterocycles. The van der Waals surface area contributed by atoms with Gasteiger partial charge in [-0.05, 0) is 24.3 Å². The molecular formula is C15H15F3N4O3. The van der Waals surface area contributed by atoms with Gasteiger partial charge in [0.05, 0.1) is 6.42 Å². The number of nitrogens with zero attached hydrogens (tertiary/aromatic N) is 2. The van der Waals surface area contributed by atoms with Crippen LogP contribution in [0.5, 0.6) is 0 Å². The Morgan fingerprint density at radius 1 is 1.28 bits per heavy atom.